The van der Waals surface area contributed by atoms with Crippen LogP contribution in [-0.2, 0) is 6.42 Å². The van der Waals surface area contributed by atoms with Crippen molar-refractivity contribution in [2.75, 3.05) is 6.54 Å². The predicted octanol–water partition coefficient (Wildman–Crippen LogP) is 2.70. The van der Waals surface area contributed by atoms with Crippen LogP contribution in [0.1, 0.15) is 44.1 Å². The highest BCUT2D eigenvalue weighted by molar-refractivity contribution is 5.15. The molecule has 0 saturated carbocycles. The first kappa shape index (κ1) is 9.78. The molecule has 1 fully saturated rings. The standard InChI is InChI=1S/C12H19NO/c1-3-9-5-6-12(14-9)10-7-8-13-11(10)4-2/h5-6,10-11,13H,3-4,7-8H2,1-2H3. The zero-order valence-electron chi connectivity index (χ0n) is 9.05. The molecule has 0 aliphatic carbocycles. The first-order chi connectivity index (χ1) is 6.85. The summed E-state index contributed by atoms with van der Waals surface area (Å²) >= 11 is 0. The molecule has 14 heavy (non-hydrogen) atoms. The van der Waals surface area contributed by atoms with Gasteiger partial charge in [0, 0.05) is 18.4 Å². The lowest BCUT2D eigenvalue weighted by Gasteiger charge is -2.15. The maximum Gasteiger partial charge on any atom is 0.108 e. The minimum absolute atomic E-state index is 0.597. The largest absolute Gasteiger partial charge is 0.466 e. The third-order valence-corrected chi connectivity index (χ3v) is 3.18. The van der Waals surface area contributed by atoms with Gasteiger partial charge in [0.05, 0.1) is 0 Å². The second-order valence-corrected chi connectivity index (χ2v) is 4.02. The summed E-state index contributed by atoms with van der Waals surface area (Å²) < 4.78 is 5.81. The van der Waals surface area contributed by atoms with E-state index in [0.717, 1.165) is 18.7 Å². The molecule has 2 rings (SSSR count). The van der Waals surface area contributed by atoms with Gasteiger partial charge in [0.1, 0.15) is 11.5 Å². The lowest BCUT2D eigenvalue weighted by molar-refractivity contribution is 0.404. The van der Waals surface area contributed by atoms with Gasteiger partial charge in [0.25, 0.3) is 0 Å². The Labute approximate surface area is 85.7 Å². The van der Waals surface area contributed by atoms with Crippen molar-refractivity contribution in [1.29, 1.82) is 0 Å². The van der Waals surface area contributed by atoms with Crippen LogP contribution >= 0.6 is 0 Å². The van der Waals surface area contributed by atoms with Crippen LogP contribution in [0.5, 0.6) is 0 Å². The summed E-state index contributed by atoms with van der Waals surface area (Å²) in [5.41, 5.74) is 0. The van der Waals surface area contributed by atoms with Crippen molar-refractivity contribution in [3.05, 3.63) is 23.7 Å². The first-order valence-electron chi connectivity index (χ1n) is 5.67. The highest BCUT2D eigenvalue weighted by Crippen LogP contribution is 2.30. The van der Waals surface area contributed by atoms with E-state index in [1.807, 2.05) is 0 Å². The molecule has 2 unspecified atom stereocenters. The molecular weight excluding hydrogens is 174 g/mol. The van der Waals surface area contributed by atoms with E-state index in [2.05, 4.69) is 31.3 Å². The lowest BCUT2D eigenvalue weighted by Crippen LogP contribution is -2.24. The van der Waals surface area contributed by atoms with E-state index in [0.29, 0.717) is 12.0 Å². The van der Waals surface area contributed by atoms with E-state index in [-0.39, 0.29) is 0 Å². The van der Waals surface area contributed by atoms with Gasteiger partial charge in [-0.1, -0.05) is 13.8 Å². The Hall–Kier alpha value is -0.760. The number of hydrogen-bond acceptors (Lipinski definition) is 2. The Morgan fingerprint density at radius 3 is 2.93 bits per heavy atom. The Bertz CT molecular complexity index is 292. The van der Waals surface area contributed by atoms with E-state index in [1.54, 1.807) is 0 Å². The maximum atomic E-state index is 5.81. The van der Waals surface area contributed by atoms with Crippen molar-refractivity contribution in [2.45, 2.75) is 45.1 Å². The van der Waals surface area contributed by atoms with Gasteiger partial charge in [-0.2, -0.15) is 0 Å². The fourth-order valence-corrected chi connectivity index (χ4v) is 2.32. The van der Waals surface area contributed by atoms with Crippen molar-refractivity contribution in [3.63, 3.8) is 0 Å². The monoisotopic (exact) mass is 193 g/mol. The third kappa shape index (κ3) is 1.71. The number of nitrogens with one attached hydrogen (secondary N) is 1. The van der Waals surface area contributed by atoms with Crippen molar-refractivity contribution >= 4 is 0 Å². The minimum atomic E-state index is 0.597. The second kappa shape index (κ2) is 4.18. The number of furan rings is 1. The topological polar surface area (TPSA) is 25.2 Å². The predicted molar refractivity (Wildman–Crippen MR) is 57.5 cm³/mol. The first-order valence-corrected chi connectivity index (χ1v) is 5.67. The van der Waals surface area contributed by atoms with Gasteiger partial charge in [-0.15, -0.1) is 0 Å². The van der Waals surface area contributed by atoms with E-state index < -0.39 is 0 Å². The quantitative estimate of drug-likeness (QED) is 0.798. The molecule has 0 aromatic carbocycles. The molecular formula is C12H19NO. The third-order valence-electron chi connectivity index (χ3n) is 3.18. The van der Waals surface area contributed by atoms with Crippen LogP contribution in [0, 0.1) is 0 Å². The molecule has 1 aliphatic heterocycles. The van der Waals surface area contributed by atoms with Gasteiger partial charge in [-0.05, 0) is 31.5 Å². The minimum Gasteiger partial charge on any atom is -0.466 e. The fraction of sp³-hybridized carbons (Fsp3) is 0.667. The molecule has 0 amide bonds. The van der Waals surface area contributed by atoms with Gasteiger partial charge in [0.15, 0.2) is 0 Å². The highest BCUT2D eigenvalue weighted by atomic mass is 16.3. The summed E-state index contributed by atoms with van der Waals surface area (Å²) in [6.07, 6.45) is 3.40. The van der Waals surface area contributed by atoms with Gasteiger partial charge >= 0.3 is 0 Å². The van der Waals surface area contributed by atoms with Gasteiger partial charge in [-0.3, -0.25) is 0 Å². The highest BCUT2D eigenvalue weighted by Gasteiger charge is 2.28. The van der Waals surface area contributed by atoms with E-state index in [4.69, 9.17) is 4.42 Å². The molecule has 0 radical (unpaired) electrons. The number of hydrogen-bond donors (Lipinski definition) is 1. The zero-order valence-corrected chi connectivity index (χ0v) is 9.05. The summed E-state index contributed by atoms with van der Waals surface area (Å²) in [6.45, 7) is 5.50. The van der Waals surface area contributed by atoms with E-state index in [1.165, 1.54) is 18.6 Å². The summed E-state index contributed by atoms with van der Waals surface area (Å²) in [5.74, 6) is 2.89. The van der Waals surface area contributed by atoms with Gasteiger partial charge < -0.3 is 9.73 Å². The Balaban J connectivity index is 2.13. The summed E-state index contributed by atoms with van der Waals surface area (Å²) in [5, 5.41) is 3.52. The molecule has 1 aliphatic rings. The number of rotatable bonds is 3. The van der Waals surface area contributed by atoms with Crippen molar-refractivity contribution < 1.29 is 4.42 Å². The molecule has 1 aromatic rings. The van der Waals surface area contributed by atoms with Crippen molar-refractivity contribution in [2.24, 2.45) is 0 Å². The van der Waals surface area contributed by atoms with Crippen LogP contribution in [0.4, 0.5) is 0 Å². The lowest BCUT2D eigenvalue weighted by atomic mass is 9.96. The van der Waals surface area contributed by atoms with Crippen molar-refractivity contribution in [1.82, 2.24) is 5.32 Å². The fourth-order valence-electron chi connectivity index (χ4n) is 2.32. The molecule has 0 bridgehead atoms. The van der Waals surface area contributed by atoms with E-state index in [9.17, 15) is 0 Å². The summed E-state index contributed by atoms with van der Waals surface area (Å²) in [7, 11) is 0. The van der Waals surface area contributed by atoms with Crippen LogP contribution < -0.4 is 5.32 Å². The Morgan fingerprint density at radius 1 is 1.43 bits per heavy atom. The van der Waals surface area contributed by atoms with Crippen LogP contribution in [0.3, 0.4) is 0 Å². The number of aryl methyl sites for hydroxylation is 1. The van der Waals surface area contributed by atoms with Gasteiger partial charge in [-0.25, -0.2) is 0 Å². The molecule has 1 saturated heterocycles. The van der Waals surface area contributed by atoms with Crippen LogP contribution in [0.25, 0.3) is 0 Å². The molecule has 2 heterocycles. The van der Waals surface area contributed by atoms with Crippen LogP contribution in [-0.4, -0.2) is 12.6 Å². The molecule has 2 atom stereocenters. The summed E-state index contributed by atoms with van der Waals surface area (Å²) in [4.78, 5) is 0. The molecule has 1 aromatic heterocycles. The molecule has 0 spiro atoms. The van der Waals surface area contributed by atoms with Gasteiger partial charge in [0.2, 0.25) is 0 Å². The van der Waals surface area contributed by atoms with E-state index >= 15 is 0 Å². The van der Waals surface area contributed by atoms with Crippen molar-refractivity contribution in [3.8, 4) is 0 Å². The average molecular weight is 193 g/mol. The molecule has 1 N–H and O–H groups in total. The SMILES string of the molecule is CCc1ccc(C2CCNC2CC)o1. The van der Waals surface area contributed by atoms with Crippen LogP contribution in [0.2, 0.25) is 0 Å². The zero-order chi connectivity index (χ0) is 9.97. The second-order valence-electron chi connectivity index (χ2n) is 4.02. The molecule has 78 valence electrons. The normalized spacial score (nSPS) is 27.0. The average Bonchev–Trinajstić information content (AvgIpc) is 2.85. The Kier molecular flexibility index (Phi) is 2.92. The maximum absolute atomic E-state index is 5.81. The Morgan fingerprint density at radius 2 is 2.29 bits per heavy atom. The smallest absolute Gasteiger partial charge is 0.108 e. The molecule has 2 nitrogen and oxygen atoms in total. The van der Waals surface area contributed by atoms with Crippen LogP contribution in [0.15, 0.2) is 16.5 Å². The molecule has 2 heteroatoms. The summed E-state index contributed by atoms with van der Waals surface area (Å²) in [6, 6.07) is 4.88.